The topological polar surface area (TPSA) is 39.1 Å². The Morgan fingerprint density at radius 3 is 2.70 bits per heavy atom. The molecule has 140 valence electrons. The largest absolute Gasteiger partial charge is 0.315 e. The maximum Gasteiger partial charge on any atom is 0.279 e. The number of nitriles is 1. The molecule has 1 spiro atoms. The third kappa shape index (κ3) is 2.82. The van der Waals surface area contributed by atoms with Crippen molar-refractivity contribution < 1.29 is 13.2 Å². The molecule has 0 saturated carbocycles. The lowest BCUT2D eigenvalue weighted by molar-refractivity contribution is -0.241. The van der Waals surface area contributed by atoms with Crippen molar-refractivity contribution in [2.45, 2.75) is 24.4 Å². The molecule has 1 atom stereocenters. The highest BCUT2D eigenvalue weighted by Gasteiger charge is 2.67. The summed E-state index contributed by atoms with van der Waals surface area (Å²) in [5.41, 5.74) is 0.700. The van der Waals surface area contributed by atoms with Crippen LogP contribution < -0.4 is 5.32 Å². The molecule has 2 heterocycles. The molecule has 4 rings (SSSR count). The van der Waals surface area contributed by atoms with Gasteiger partial charge in [-0.05, 0) is 36.2 Å². The average Bonchev–Trinajstić information content (AvgIpc) is 3.16. The molecule has 2 aliphatic heterocycles. The third-order valence-corrected chi connectivity index (χ3v) is 6.10. The summed E-state index contributed by atoms with van der Waals surface area (Å²) in [7, 11) is 0. The van der Waals surface area contributed by atoms with E-state index < -0.39 is 17.3 Å². The molecule has 3 nitrogen and oxygen atoms in total. The Morgan fingerprint density at radius 1 is 1.26 bits per heavy atom. The lowest BCUT2D eigenvalue weighted by Gasteiger charge is -2.56. The van der Waals surface area contributed by atoms with E-state index in [1.54, 1.807) is 35.2 Å². The summed E-state index contributed by atoms with van der Waals surface area (Å²) < 4.78 is 42.4. The summed E-state index contributed by atoms with van der Waals surface area (Å²) in [5, 5.41) is 12.3. The normalized spacial score (nSPS) is 24.0. The molecule has 0 amide bonds. The second kappa shape index (κ2) is 6.52. The molecular weight excluding hydrogens is 375 g/mol. The predicted molar refractivity (Wildman–Crippen MR) is 97.1 cm³/mol. The molecule has 2 fully saturated rings. The Hall–Kier alpha value is -2.07. The maximum absolute atomic E-state index is 14.2. The van der Waals surface area contributed by atoms with Gasteiger partial charge in [-0.2, -0.15) is 5.26 Å². The van der Waals surface area contributed by atoms with Crippen molar-refractivity contribution in [2.24, 2.45) is 0 Å². The van der Waals surface area contributed by atoms with Crippen molar-refractivity contribution in [3.63, 3.8) is 0 Å². The van der Waals surface area contributed by atoms with Gasteiger partial charge in [-0.1, -0.05) is 35.9 Å². The number of alkyl halides is 2. The van der Waals surface area contributed by atoms with Crippen LogP contribution in [-0.2, 0) is 6.54 Å². The molecule has 27 heavy (non-hydrogen) atoms. The number of nitrogens with one attached hydrogen (secondary N) is 1. The fourth-order valence-corrected chi connectivity index (χ4v) is 4.35. The molecule has 1 N–H and O–H groups in total. The van der Waals surface area contributed by atoms with E-state index in [2.05, 4.69) is 5.32 Å². The van der Waals surface area contributed by atoms with E-state index >= 15 is 0 Å². The van der Waals surface area contributed by atoms with E-state index in [0.29, 0.717) is 35.7 Å². The monoisotopic (exact) mass is 391 g/mol. The molecule has 2 saturated heterocycles. The highest BCUT2D eigenvalue weighted by molar-refractivity contribution is 6.34. The summed E-state index contributed by atoms with van der Waals surface area (Å²) in [5.74, 6) is -3.33. The molecule has 2 aromatic rings. The first-order valence-electron chi connectivity index (χ1n) is 8.69. The van der Waals surface area contributed by atoms with Crippen LogP contribution in [0.4, 0.5) is 13.2 Å². The summed E-state index contributed by atoms with van der Waals surface area (Å²) in [6, 6.07) is 11.4. The molecule has 0 bridgehead atoms. The van der Waals surface area contributed by atoms with Crippen LogP contribution in [0, 0.1) is 17.1 Å². The van der Waals surface area contributed by atoms with Gasteiger partial charge in [0.05, 0.1) is 17.1 Å². The van der Waals surface area contributed by atoms with E-state index in [1.165, 1.54) is 12.1 Å². The van der Waals surface area contributed by atoms with E-state index in [1.807, 2.05) is 0 Å². The first kappa shape index (κ1) is 18.3. The minimum absolute atomic E-state index is 0.0375. The molecular formula is C20H17ClF3N3. The second-order valence-corrected chi connectivity index (χ2v) is 7.48. The van der Waals surface area contributed by atoms with Gasteiger partial charge < -0.3 is 5.32 Å². The SMILES string of the molecule is N#Cc1ccc(-c2cccc(CN3CC(F)(F)C34CCNC4)c2Cl)cc1F. The maximum atomic E-state index is 14.2. The number of hydrogen-bond acceptors (Lipinski definition) is 3. The first-order chi connectivity index (χ1) is 12.9. The number of rotatable bonds is 3. The molecule has 0 aliphatic carbocycles. The van der Waals surface area contributed by atoms with Crippen LogP contribution in [0.3, 0.4) is 0 Å². The number of benzene rings is 2. The first-order valence-corrected chi connectivity index (χ1v) is 9.07. The zero-order valence-electron chi connectivity index (χ0n) is 14.4. The van der Waals surface area contributed by atoms with E-state index in [9.17, 15) is 13.2 Å². The Bertz CT molecular complexity index is 933. The van der Waals surface area contributed by atoms with Crippen LogP contribution in [0.15, 0.2) is 36.4 Å². The fourth-order valence-electron chi connectivity index (χ4n) is 4.05. The predicted octanol–water partition coefficient (Wildman–Crippen LogP) is 4.20. The zero-order chi connectivity index (χ0) is 19.2. The van der Waals surface area contributed by atoms with Crippen molar-refractivity contribution >= 4 is 11.6 Å². The standard InChI is InChI=1S/C20H17ClF3N3/c21-18-15(10-27-12-20(23,24)19(27)6-7-26-11-19)2-1-3-16(18)13-4-5-14(9-25)17(22)8-13/h1-5,8,26H,6-7,10-12H2. The minimum atomic E-state index is -2.71. The van der Waals surface area contributed by atoms with E-state index in [4.69, 9.17) is 16.9 Å². The smallest absolute Gasteiger partial charge is 0.279 e. The van der Waals surface area contributed by atoms with Gasteiger partial charge in [-0.25, -0.2) is 13.2 Å². The highest BCUT2D eigenvalue weighted by Crippen LogP contribution is 2.49. The van der Waals surface area contributed by atoms with Gasteiger partial charge >= 0.3 is 0 Å². The van der Waals surface area contributed by atoms with Gasteiger partial charge in [-0.3, -0.25) is 4.90 Å². The fraction of sp³-hybridized carbons (Fsp3) is 0.350. The van der Waals surface area contributed by atoms with E-state index in [0.717, 1.165) is 5.56 Å². The molecule has 2 aromatic carbocycles. The number of likely N-dealkylation sites (tertiary alicyclic amines) is 1. The van der Waals surface area contributed by atoms with Crippen molar-refractivity contribution in [1.82, 2.24) is 10.2 Å². The van der Waals surface area contributed by atoms with Crippen LogP contribution in [0.2, 0.25) is 5.02 Å². The molecule has 0 aromatic heterocycles. The van der Waals surface area contributed by atoms with Gasteiger partial charge in [-0.15, -0.1) is 0 Å². The van der Waals surface area contributed by atoms with Crippen LogP contribution in [-0.4, -0.2) is 36.0 Å². The molecule has 0 radical (unpaired) electrons. The quantitative estimate of drug-likeness (QED) is 0.852. The molecule has 7 heteroatoms. The summed E-state index contributed by atoms with van der Waals surface area (Å²) in [4.78, 5) is 1.78. The van der Waals surface area contributed by atoms with Crippen molar-refractivity contribution in [3.8, 4) is 17.2 Å². The zero-order valence-corrected chi connectivity index (χ0v) is 15.2. The third-order valence-electron chi connectivity index (χ3n) is 5.65. The Balaban J connectivity index is 1.64. The van der Waals surface area contributed by atoms with Gasteiger partial charge in [0.1, 0.15) is 17.4 Å². The van der Waals surface area contributed by atoms with Gasteiger partial charge in [0.25, 0.3) is 5.92 Å². The Kier molecular flexibility index (Phi) is 4.42. The molecule has 1 unspecified atom stereocenters. The Labute approximate surface area is 160 Å². The summed E-state index contributed by atoms with van der Waals surface area (Å²) in [6.45, 7) is 0.853. The lowest BCUT2D eigenvalue weighted by atomic mass is 9.79. The van der Waals surface area contributed by atoms with Crippen molar-refractivity contribution in [1.29, 1.82) is 5.26 Å². The average molecular weight is 392 g/mol. The Morgan fingerprint density at radius 2 is 2.07 bits per heavy atom. The van der Waals surface area contributed by atoms with Crippen LogP contribution >= 0.6 is 11.6 Å². The van der Waals surface area contributed by atoms with Crippen molar-refractivity contribution in [2.75, 3.05) is 19.6 Å². The lowest BCUT2D eigenvalue weighted by Crippen LogP contribution is -2.75. The van der Waals surface area contributed by atoms with Crippen molar-refractivity contribution in [3.05, 3.63) is 58.4 Å². The second-order valence-electron chi connectivity index (χ2n) is 7.10. The number of hydrogen-bond donors (Lipinski definition) is 1. The molecule has 2 aliphatic rings. The minimum Gasteiger partial charge on any atom is -0.315 e. The van der Waals surface area contributed by atoms with Crippen LogP contribution in [0.1, 0.15) is 17.5 Å². The highest BCUT2D eigenvalue weighted by atomic mass is 35.5. The van der Waals surface area contributed by atoms with Gasteiger partial charge in [0, 0.05) is 18.7 Å². The number of halogens is 4. The summed E-state index contributed by atoms with van der Waals surface area (Å²) in [6.07, 6.45) is 0.401. The van der Waals surface area contributed by atoms with Gasteiger partial charge in [0.15, 0.2) is 0 Å². The van der Waals surface area contributed by atoms with E-state index in [-0.39, 0.29) is 18.7 Å². The van der Waals surface area contributed by atoms with Crippen LogP contribution in [0.25, 0.3) is 11.1 Å². The van der Waals surface area contributed by atoms with Gasteiger partial charge in [0.2, 0.25) is 0 Å². The summed E-state index contributed by atoms with van der Waals surface area (Å²) >= 11 is 6.54. The van der Waals surface area contributed by atoms with Crippen LogP contribution in [0.5, 0.6) is 0 Å². The number of nitrogens with zero attached hydrogens (tertiary/aromatic N) is 2.